The molecule has 1 atom stereocenters. The van der Waals surface area contributed by atoms with Gasteiger partial charge in [0.05, 0.1) is 4.92 Å². The van der Waals surface area contributed by atoms with E-state index in [4.69, 9.17) is 4.74 Å². The monoisotopic (exact) mass is 308 g/mol. The number of likely N-dealkylation sites (tertiary alicyclic amines) is 1. The number of hydrogen-bond donors (Lipinski definition) is 1. The molecule has 1 saturated heterocycles. The minimum absolute atomic E-state index is 0.0711. The first kappa shape index (κ1) is 16.0. The van der Waals surface area contributed by atoms with Gasteiger partial charge in [-0.2, -0.15) is 0 Å². The summed E-state index contributed by atoms with van der Waals surface area (Å²) in [6.45, 7) is 6.42. The lowest BCUT2D eigenvalue weighted by Crippen LogP contribution is -2.36. The number of aromatic nitrogens is 1. The zero-order chi connectivity index (χ0) is 16.3. The molecule has 0 aliphatic carbocycles. The summed E-state index contributed by atoms with van der Waals surface area (Å²) in [5.74, 6) is 0.225. The SMILES string of the molecule is CC(C)(C)OC(=O)N1CC[C@@H](Nc2ncccc2[N+](=O)[O-])C1. The van der Waals surface area contributed by atoms with E-state index < -0.39 is 10.5 Å². The summed E-state index contributed by atoms with van der Waals surface area (Å²) in [6.07, 6.45) is 1.82. The van der Waals surface area contributed by atoms with Crippen LogP contribution in [0.1, 0.15) is 27.2 Å². The Morgan fingerprint density at radius 2 is 2.27 bits per heavy atom. The maximum atomic E-state index is 12.0. The molecule has 0 spiro atoms. The van der Waals surface area contributed by atoms with E-state index in [1.807, 2.05) is 20.8 Å². The molecule has 1 aromatic heterocycles. The van der Waals surface area contributed by atoms with Crippen LogP contribution in [0.4, 0.5) is 16.3 Å². The van der Waals surface area contributed by atoms with Gasteiger partial charge in [0.15, 0.2) is 0 Å². The van der Waals surface area contributed by atoms with E-state index in [9.17, 15) is 14.9 Å². The summed E-state index contributed by atoms with van der Waals surface area (Å²) in [4.78, 5) is 28.1. The number of nitrogens with zero attached hydrogens (tertiary/aromatic N) is 3. The number of pyridine rings is 1. The molecule has 2 heterocycles. The van der Waals surface area contributed by atoms with Crippen LogP contribution < -0.4 is 5.32 Å². The van der Waals surface area contributed by atoms with Crippen LogP contribution in [0.15, 0.2) is 18.3 Å². The number of nitro groups is 1. The standard InChI is InChI=1S/C14H20N4O4/c1-14(2,3)22-13(19)17-8-6-10(9-17)16-12-11(18(20)21)5-4-7-15-12/h4-5,7,10H,6,8-9H2,1-3H3,(H,15,16)/t10-/m1/s1. The fourth-order valence-electron chi connectivity index (χ4n) is 2.22. The molecule has 1 aliphatic heterocycles. The largest absolute Gasteiger partial charge is 0.444 e. The highest BCUT2D eigenvalue weighted by molar-refractivity contribution is 5.69. The van der Waals surface area contributed by atoms with Crippen molar-refractivity contribution in [1.82, 2.24) is 9.88 Å². The van der Waals surface area contributed by atoms with E-state index in [0.717, 1.165) is 0 Å². The van der Waals surface area contributed by atoms with E-state index in [2.05, 4.69) is 10.3 Å². The van der Waals surface area contributed by atoms with Crippen LogP contribution in [0, 0.1) is 10.1 Å². The fraction of sp³-hybridized carbons (Fsp3) is 0.571. The molecule has 0 bridgehead atoms. The number of carbonyl (C=O) groups is 1. The van der Waals surface area contributed by atoms with Gasteiger partial charge in [0, 0.05) is 31.4 Å². The van der Waals surface area contributed by atoms with Gasteiger partial charge in [0.25, 0.3) is 0 Å². The molecular weight excluding hydrogens is 288 g/mol. The third-order valence-electron chi connectivity index (χ3n) is 3.16. The van der Waals surface area contributed by atoms with Gasteiger partial charge in [-0.3, -0.25) is 10.1 Å². The van der Waals surface area contributed by atoms with Crippen LogP contribution in [0.3, 0.4) is 0 Å². The maximum absolute atomic E-state index is 12.0. The molecular formula is C14H20N4O4. The zero-order valence-electron chi connectivity index (χ0n) is 12.9. The summed E-state index contributed by atoms with van der Waals surface area (Å²) in [6, 6.07) is 2.84. The summed E-state index contributed by atoms with van der Waals surface area (Å²) >= 11 is 0. The van der Waals surface area contributed by atoms with Crippen LogP contribution in [-0.4, -0.2) is 45.6 Å². The van der Waals surface area contributed by atoms with Crippen LogP contribution in [0.25, 0.3) is 0 Å². The van der Waals surface area contributed by atoms with Crippen molar-refractivity contribution < 1.29 is 14.5 Å². The van der Waals surface area contributed by atoms with Gasteiger partial charge in [-0.1, -0.05) is 0 Å². The molecule has 0 unspecified atom stereocenters. The van der Waals surface area contributed by atoms with Gasteiger partial charge in [0.1, 0.15) is 5.60 Å². The quantitative estimate of drug-likeness (QED) is 0.680. The highest BCUT2D eigenvalue weighted by Gasteiger charge is 2.31. The molecule has 1 aromatic rings. The maximum Gasteiger partial charge on any atom is 0.410 e. The Hall–Kier alpha value is -2.38. The smallest absolute Gasteiger partial charge is 0.410 e. The molecule has 8 nitrogen and oxygen atoms in total. The Labute approximate surface area is 128 Å². The van der Waals surface area contributed by atoms with Crippen LogP contribution >= 0.6 is 0 Å². The molecule has 1 amide bonds. The van der Waals surface area contributed by atoms with Gasteiger partial charge in [-0.15, -0.1) is 0 Å². The van der Waals surface area contributed by atoms with Crippen molar-refractivity contribution in [2.45, 2.75) is 38.8 Å². The van der Waals surface area contributed by atoms with Crippen LogP contribution in [0.2, 0.25) is 0 Å². The van der Waals surface area contributed by atoms with Crippen molar-refractivity contribution in [3.63, 3.8) is 0 Å². The highest BCUT2D eigenvalue weighted by Crippen LogP contribution is 2.24. The molecule has 120 valence electrons. The molecule has 1 N–H and O–H groups in total. The summed E-state index contributed by atoms with van der Waals surface area (Å²) in [5.41, 5.74) is -0.610. The van der Waals surface area contributed by atoms with Crippen LogP contribution in [-0.2, 0) is 4.74 Å². The zero-order valence-corrected chi connectivity index (χ0v) is 12.9. The second-order valence-electron chi connectivity index (χ2n) is 6.18. The van der Waals surface area contributed by atoms with E-state index in [1.165, 1.54) is 18.3 Å². The van der Waals surface area contributed by atoms with Crippen molar-refractivity contribution in [3.05, 3.63) is 28.4 Å². The van der Waals surface area contributed by atoms with Gasteiger partial charge in [-0.05, 0) is 33.3 Å². The summed E-state index contributed by atoms with van der Waals surface area (Å²) < 4.78 is 5.32. The molecule has 0 aromatic carbocycles. The molecule has 1 aliphatic rings. The van der Waals surface area contributed by atoms with E-state index in [1.54, 1.807) is 4.90 Å². The lowest BCUT2D eigenvalue weighted by molar-refractivity contribution is -0.384. The minimum Gasteiger partial charge on any atom is -0.444 e. The Balaban J connectivity index is 1.97. The number of amides is 1. The molecule has 8 heteroatoms. The second-order valence-corrected chi connectivity index (χ2v) is 6.18. The lowest BCUT2D eigenvalue weighted by Gasteiger charge is -2.24. The number of hydrogen-bond acceptors (Lipinski definition) is 6. The normalized spacial score (nSPS) is 18.1. The number of rotatable bonds is 3. The first-order chi connectivity index (χ1) is 10.3. The molecule has 1 fully saturated rings. The fourth-order valence-corrected chi connectivity index (χ4v) is 2.22. The minimum atomic E-state index is -0.539. The number of nitrogens with one attached hydrogen (secondary N) is 1. The van der Waals surface area contributed by atoms with Gasteiger partial charge in [-0.25, -0.2) is 9.78 Å². The number of ether oxygens (including phenoxy) is 1. The average Bonchev–Trinajstić information content (AvgIpc) is 2.86. The third kappa shape index (κ3) is 4.06. The van der Waals surface area contributed by atoms with E-state index in [0.29, 0.717) is 19.5 Å². The molecule has 22 heavy (non-hydrogen) atoms. The molecule has 0 saturated carbocycles. The first-order valence-corrected chi connectivity index (χ1v) is 7.10. The lowest BCUT2D eigenvalue weighted by atomic mass is 10.2. The predicted octanol–water partition coefficient (Wildman–Crippen LogP) is 2.41. The van der Waals surface area contributed by atoms with Crippen molar-refractivity contribution in [3.8, 4) is 0 Å². The van der Waals surface area contributed by atoms with Crippen molar-refractivity contribution >= 4 is 17.6 Å². The van der Waals surface area contributed by atoms with Gasteiger partial charge in [0.2, 0.25) is 5.82 Å². The third-order valence-corrected chi connectivity index (χ3v) is 3.16. The van der Waals surface area contributed by atoms with Crippen molar-refractivity contribution in [1.29, 1.82) is 0 Å². The Morgan fingerprint density at radius 1 is 1.55 bits per heavy atom. The van der Waals surface area contributed by atoms with Crippen molar-refractivity contribution in [2.75, 3.05) is 18.4 Å². The van der Waals surface area contributed by atoms with Crippen molar-refractivity contribution in [2.24, 2.45) is 0 Å². The number of carbonyl (C=O) groups excluding carboxylic acids is 1. The van der Waals surface area contributed by atoms with E-state index in [-0.39, 0.29) is 23.6 Å². The first-order valence-electron chi connectivity index (χ1n) is 7.10. The number of anilines is 1. The predicted molar refractivity (Wildman–Crippen MR) is 80.7 cm³/mol. The Kier molecular flexibility index (Phi) is 4.48. The summed E-state index contributed by atoms with van der Waals surface area (Å²) in [7, 11) is 0. The molecule has 0 radical (unpaired) electrons. The average molecular weight is 308 g/mol. The topological polar surface area (TPSA) is 97.6 Å². The summed E-state index contributed by atoms with van der Waals surface area (Å²) in [5, 5.41) is 14.0. The highest BCUT2D eigenvalue weighted by atomic mass is 16.6. The van der Waals surface area contributed by atoms with Gasteiger partial charge < -0.3 is 15.0 Å². The second kappa shape index (κ2) is 6.17. The van der Waals surface area contributed by atoms with E-state index >= 15 is 0 Å². The Morgan fingerprint density at radius 3 is 2.91 bits per heavy atom. The van der Waals surface area contributed by atoms with Crippen LogP contribution in [0.5, 0.6) is 0 Å². The Bertz CT molecular complexity index is 570. The molecule has 2 rings (SSSR count). The van der Waals surface area contributed by atoms with Gasteiger partial charge >= 0.3 is 11.8 Å².